The van der Waals surface area contributed by atoms with E-state index in [0.717, 1.165) is 16.7 Å². The molecule has 0 spiro atoms. The summed E-state index contributed by atoms with van der Waals surface area (Å²) in [6.45, 7) is 10.6. The van der Waals surface area contributed by atoms with Crippen LogP contribution in [-0.4, -0.2) is 51.2 Å². The van der Waals surface area contributed by atoms with E-state index in [1.165, 1.54) is 0 Å². The molecule has 4 N–H and O–H groups in total. The van der Waals surface area contributed by atoms with Crippen LogP contribution in [0.4, 0.5) is 15.3 Å². The quantitative estimate of drug-likeness (QED) is 0.220. The number of rotatable bonds is 12. The molecule has 0 aromatic heterocycles. The predicted octanol–water partition coefficient (Wildman–Crippen LogP) is 4.89. The number of aryl methyl sites for hydroxylation is 3. The Morgan fingerprint density at radius 2 is 1.44 bits per heavy atom. The van der Waals surface area contributed by atoms with Gasteiger partial charge in [-0.05, 0) is 82.3 Å². The van der Waals surface area contributed by atoms with Crippen molar-refractivity contribution in [3.63, 3.8) is 0 Å². The number of hydrogen-bond donors (Lipinski definition) is 4. The summed E-state index contributed by atoms with van der Waals surface area (Å²) in [5, 5.41) is 7.91. The van der Waals surface area contributed by atoms with E-state index in [1.807, 2.05) is 25.1 Å². The number of sulfonamides is 1. The Bertz CT molecular complexity index is 1560. The monoisotopic (exact) mass is 638 g/mol. The van der Waals surface area contributed by atoms with Crippen LogP contribution in [0.1, 0.15) is 48.6 Å². The maximum atomic E-state index is 13.5. The number of ether oxygens (including phenoxy) is 2. The molecule has 0 heterocycles. The zero-order valence-electron chi connectivity index (χ0n) is 26.5. The molecule has 0 saturated heterocycles. The summed E-state index contributed by atoms with van der Waals surface area (Å²) in [6.07, 6.45) is -0.781. The molecule has 0 saturated carbocycles. The fourth-order valence-corrected chi connectivity index (χ4v) is 6.24. The van der Waals surface area contributed by atoms with Gasteiger partial charge in [-0.15, -0.1) is 0 Å². The van der Waals surface area contributed by atoms with Crippen molar-refractivity contribution in [3.05, 3.63) is 94.5 Å². The van der Waals surface area contributed by atoms with Crippen LogP contribution in [0.3, 0.4) is 0 Å². The van der Waals surface area contributed by atoms with Crippen molar-refractivity contribution >= 4 is 33.8 Å². The molecular weight excluding hydrogens is 596 g/mol. The van der Waals surface area contributed by atoms with Gasteiger partial charge in [-0.25, -0.2) is 18.0 Å². The van der Waals surface area contributed by atoms with E-state index in [0.29, 0.717) is 29.8 Å². The fourth-order valence-electron chi connectivity index (χ4n) is 4.59. The summed E-state index contributed by atoms with van der Waals surface area (Å²) >= 11 is 0. The van der Waals surface area contributed by atoms with Gasteiger partial charge >= 0.3 is 12.2 Å². The predicted molar refractivity (Wildman–Crippen MR) is 172 cm³/mol. The van der Waals surface area contributed by atoms with Crippen molar-refractivity contribution in [1.29, 1.82) is 0 Å². The Labute approximate surface area is 265 Å². The van der Waals surface area contributed by atoms with E-state index in [1.54, 1.807) is 83.1 Å². The third-order valence-corrected chi connectivity index (χ3v) is 8.23. The van der Waals surface area contributed by atoms with Crippen LogP contribution in [0.2, 0.25) is 0 Å². The maximum Gasteiger partial charge on any atom is 0.407 e. The highest BCUT2D eigenvalue weighted by Gasteiger charge is 2.29. The molecular formula is C33H42N4O7S. The van der Waals surface area contributed by atoms with Gasteiger partial charge in [0.25, 0.3) is 0 Å². The molecule has 0 aliphatic carbocycles. The summed E-state index contributed by atoms with van der Waals surface area (Å²) in [5.74, 6) is -0.677. The molecule has 3 aromatic rings. The van der Waals surface area contributed by atoms with Crippen LogP contribution < -0.4 is 20.7 Å². The molecule has 1 unspecified atom stereocenters. The summed E-state index contributed by atoms with van der Waals surface area (Å²) in [4.78, 5) is 37.8. The first-order valence-electron chi connectivity index (χ1n) is 14.5. The van der Waals surface area contributed by atoms with Crippen LogP contribution in [-0.2, 0) is 37.3 Å². The first-order valence-corrected chi connectivity index (χ1v) is 16.0. The molecule has 3 rings (SSSR count). The average Bonchev–Trinajstić information content (AvgIpc) is 2.94. The molecule has 1 atom stereocenters. The van der Waals surface area contributed by atoms with Crippen LogP contribution in [0.15, 0.2) is 71.6 Å². The molecule has 0 radical (unpaired) electrons. The third kappa shape index (κ3) is 11.5. The van der Waals surface area contributed by atoms with Crippen molar-refractivity contribution in [2.24, 2.45) is 0 Å². The normalized spacial score (nSPS) is 12.1. The van der Waals surface area contributed by atoms with Crippen molar-refractivity contribution in [2.75, 3.05) is 18.4 Å². The van der Waals surface area contributed by atoms with Crippen molar-refractivity contribution in [1.82, 2.24) is 15.4 Å². The number of amides is 3. The van der Waals surface area contributed by atoms with Gasteiger partial charge in [0.15, 0.2) is 0 Å². The van der Waals surface area contributed by atoms with Crippen LogP contribution in [0.25, 0.3) is 0 Å². The summed E-state index contributed by atoms with van der Waals surface area (Å²) in [7, 11) is -4.16. The molecule has 0 aliphatic rings. The van der Waals surface area contributed by atoms with Crippen LogP contribution in [0, 0.1) is 20.8 Å². The van der Waals surface area contributed by atoms with Gasteiger partial charge in [0.1, 0.15) is 18.2 Å². The summed E-state index contributed by atoms with van der Waals surface area (Å²) in [5.41, 5.74) is 3.47. The van der Waals surface area contributed by atoms with E-state index in [-0.39, 0.29) is 18.0 Å². The first kappa shape index (κ1) is 35.1. The maximum absolute atomic E-state index is 13.5. The third-order valence-electron chi connectivity index (χ3n) is 6.45. The van der Waals surface area contributed by atoms with Gasteiger partial charge < -0.3 is 25.4 Å². The van der Waals surface area contributed by atoms with Gasteiger partial charge in [0.05, 0.1) is 4.90 Å². The second-order valence-electron chi connectivity index (χ2n) is 11.7. The van der Waals surface area contributed by atoms with Crippen molar-refractivity contribution < 1.29 is 32.3 Å². The van der Waals surface area contributed by atoms with Gasteiger partial charge in [-0.2, -0.15) is 4.72 Å². The van der Waals surface area contributed by atoms with E-state index >= 15 is 0 Å². The number of carbonyl (C=O) groups is 3. The fraction of sp³-hybridized carbons (Fsp3) is 0.364. The van der Waals surface area contributed by atoms with Gasteiger partial charge in [0.2, 0.25) is 15.9 Å². The average molecular weight is 639 g/mol. The van der Waals surface area contributed by atoms with Crippen LogP contribution >= 0.6 is 0 Å². The number of alkyl carbamates (subject to hydrolysis) is 2. The van der Waals surface area contributed by atoms with Gasteiger partial charge in [-0.3, -0.25) is 4.79 Å². The van der Waals surface area contributed by atoms with E-state index < -0.39 is 39.8 Å². The Morgan fingerprint density at radius 1 is 0.822 bits per heavy atom. The highest BCUT2D eigenvalue weighted by atomic mass is 32.2. The SMILES string of the molecule is Cc1cc(C)c(S(=O)(=O)NC(CNC(=O)OCc2ccccc2)C(=O)Nc2ccc(CCNC(=O)OC(C)(C)C)cc2)c(C)c1. The molecule has 11 nitrogen and oxygen atoms in total. The van der Waals surface area contributed by atoms with E-state index in [4.69, 9.17) is 9.47 Å². The number of carbonyl (C=O) groups excluding carboxylic acids is 3. The van der Waals surface area contributed by atoms with Gasteiger partial charge in [0, 0.05) is 18.8 Å². The highest BCUT2D eigenvalue weighted by Crippen LogP contribution is 2.22. The van der Waals surface area contributed by atoms with Crippen LogP contribution in [0.5, 0.6) is 0 Å². The zero-order valence-corrected chi connectivity index (χ0v) is 27.3. The molecule has 0 bridgehead atoms. The number of nitrogens with one attached hydrogen (secondary N) is 4. The lowest BCUT2D eigenvalue weighted by Gasteiger charge is -2.21. The largest absolute Gasteiger partial charge is 0.445 e. The molecule has 242 valence electrons. The van der Waals surface area contributed by atoms with Crippen molar-refractivity contribution in [3.8, 4) is 0 Å². The Hall–Kier alpha value is -4.42. The standard InChI is InChI=1S/C33H42N4O7S/c1-22-18-23(2)29(24(3)19-22)45(41,42)37-28(20-35-31(39)43-21-26-10-8-7-9-11-26)30(38)36-27-14-12-25(13-15-27)16-17-34-32(40)44-33(4,5)6/h7-15,18-19,28,37H,16-17,20-21H2,1-6H3,(H,34,40)(H,35,39)(H,36,38). The zero-order chi connectivity index (χ0) is 33.2. The minimum absolute atomic E-state index is 0.0106. The second-order valence-corrected chi connectivity index (χ2v) is 13.4. The van der Waals surface area contributed by atoms with Gasteiger partial charge in [-0.1, -0.05) is 60.2 Å². The Balaban J connectivity index is 1.69. The number of hydrogen-bond acceptors (Lipinski definition) is 7. The molecule has 45 heavy (non-hydrogen) atoms. The van der Waals surface area contributed by atoms with E-state index in [9.17, 15) is 22.8 Å². The highest BCUT2D eigenvalue weighted by molar-refractivity contribution is 7.89. The Kier molecular flexibility index (Phi) is 12.1. The molecule has 0 aliphatic heterocycles. The number of benzene rings is 3. The van der Waals surface area contributed by atoms with Crippen molar-refractivity contribution in [2.45, 2.75) is 71.1 Å². The first-order chi connectivity index (χ1) is 21.1. The topological polar surface area (TPSA) is 152 Å². The lowest BCUT2D eigenvalue weighted by Crippen LogP contribution is -2.50. The lowest BCUT2D eigenvalue weighted by atomic mass is 10.1. The van der Waals surface area contributed by atoms with E-state index in [2.05, 4.69) is 20.7 Å². The molecule has 3 aromatic carbocycles. The number of anilines is 1. The Morgan fingerprint density at radius 3 is 2.04 bits per heavy atom. The molecule has 0 fully saturated rings. The second kappa shape index (κ2) is 15.5. The smallest absolute Gasteiger partial charge is 0.407 e. The summed E-state index contributed by atoms with van der Waals surface area (Å²) in [6, 6.07) is 18.1. The minimum atomic E-state index is -4.16. The summed E-state index contributed by atoms with van der Waals surface area (Å²) < 4.78 is 39.9. The molecule has 3 amide bonds. The molecule has 12 heteroatoms. The minimum Gasteiger partial charge on any atom is -0.445 e. The lowest BCUT2D eigenvalue weighted by molar-refractivity contribution is -0.117.